The molecule has 0 radical (unpaired) electrons. The van der Waals surface area contributed by atoms with Crippen LogP contribution in [0.2, 0.25) is 0 Å². The molecule has 0 aliphatic heterocycles. The number of hydrogen-bond donors (Lipinski definition) is 1. The van der Waals surface area contributed by atoms with Gasteiger partial charge in [-0.2, -0.15) is 0 Å². The summed E-state index contributed by atoms with van der Waals surface area (Å²) in [7, 11) is 0. The average Bonchev–Trinajstić information content (AvgIpc) is 2.70. The molecule has 0 saturated carbocycles. The number of rotatable bonds is 6. The molecule has 18 heavy (non-hydrogen) atoms. The van der Waals surface area contributed by atoms with Gasteiger partial charge in [-0.05, 0) is 47.3 Å². The second kappa shape index (κ2) is 7.26. The number of likely N-dealkylation sites (N-methyl/N-ethyl adjacent to an activating group) is 1. The fourth-order valence-electron chi connectivity index (χ4n) is 1.81. The molecular weight excluding hydrogens is 312 g/mol. The van der Waals surface area contributed by atoms with E-state index in [4.69, 9.17) is 5.73 Å². The number of hydrogen-bond acceptors (Lipinski definition) is 3. The zero-order chi connectivity index (χ0) is 13.7. The second-order valence-electron chi connectivity index (χ2n) is 4.79. The standard InChI is InChI=1S/C13H21BrN2OS/c1-4-16(8-10-5-6-12(14)18-10)13(17)11(15)7-9(2)3/h5-6,9,11H,4,7-8,15H2,1-3H3/t11-/m1/s1. The highest BCUT2D eigenvalue weighted by Gasteiger charge is 2.21. The summed E-state index contributed by atoms with van der Waals surface area (Å²) >= 11 is 5.09. The molecule has 0 bridgehead atoms. The van der Waals surface area contributed by atoms with Crippen molar-refractivity contribution in [3.8, 4) is 0 Å². The lowest BCUT2D eigenvalue weighted by Gasteiger charge is -2.24. The first kappa shape index (κ1) is 15.7. The molecule has 0 aliphatic carbocycles. The smallest absolute Gasteiger partial charge is 0.239 e. The largest absolute Gasteiger partial charge is 0.336 e. The maximum absolute atomic E-state index is 12.2. The molecule has 102 valence electrons. The third-order valence-corrected chi connectivity index (χ3v) is 4.32. The Morgan fingerprint density at radius 2 is 2.17 bits per heavy atom. The highest BCUT2D eigenvalue weighted by Crippen LogP contribution is 2.23. The van der Waals surface area contributed by atoms with Gasteiger partial charge in [-0.15, -0.1) is 11.3 Å². The number of carbonyl (C=O) groups excluding carboxylic acids is 1. The van der Waals surface area contributed by atoms with Crippen LogP contribution < -0.4 is 5.73 Å². The predicted octanol–water partition coefficient (Wildman–Crippen LogP) is 3.23. The lowest BCUT2D eigenvalue weighted by atomic mass is 10.0. The van der Waals surface area contributed by atoms with Crippen LogP contribution in [0.15, 0.2) is 15.9 Å². The fraction of sp³-hybridized carbons (Fsp3) is 0.615. The summed E-state index contributed by atoms with van der Waals surface area (Å²) in [5.41, 5.74) is 5.96. The maximum Gasteiger partial charge on any atom is 0.239 e. The van der Waals surface area contributed by atoms with E-state index in [1.165, 1.54) is 4.88 Å². The van der Waals surface area contributed by atoms with Gasteiger partial charge in [0, 0.05) is 11.4 Å². The third kappa shape index (κ3) is 4.71. The van der Waals surface area contributed by atoms with Crippen LogP contribution in [0.1, 0.15) is 32.1 Å². The van der Waals surface area contributed by atoms with Crippen LogP contribution in [0.3, 0.4) is 0 Å². The molecule has 0 spiro atoms. The Kier molecular flexibility index (Phi) is 6.32. The minimum atomic E-state index is -0.381. The van der Waals surface area contributed by atoms with Crippen molar-refractivity contribution in [2.24, 2.45) is 11.7 Å². The van der Waals surface area contributed by atoms with Crippen molar-refractivity contribution in [2.45, 2.75) is 39.8 Å². The SMILES string of the molecule is CCN(Cc1ccc(Br)s1)C(=O)[C@H](N)CC(C)C. The molecule has 1 rings (SSSR count). The Hall–Kier alpha value is -0.390. The lowest BCUT2D eigenvalue weighted by Crippen LogP contribution is -2.43. The molecule has 0 saturated heterocycles. The maximum atomic E-state index is 12.2. The molecule has 0 aliphatic rings. The van der Waals surface area contributed by atoms with E-state index in [-0.39, 0.29) is 11.9 Å². The van der Waals surface area contributed by atoms with Crippen molar-refractivity contribution in [1.29, 1.82) is 0 Å². The van der Waals surface area contributed by atoms with Gasteiger partial charge in [0.15, 0.2) is 0 Å². The monoisotopic (exact) mass is 332 g/mol. The Morgan fingerprint density at radius 3 is 2.61 bits per heavy atom. The molecular formula is C13H21BrN2OS. The molecule has 2 N–H and O–H groups in total. The van der Waals surface area contributed by atoms with Gasteiger partial charge in [-0.1, -0.05) is 13.8 Å². The van der Waals surface area contributed by atoms with Crippen molar-refractivity contribution < 1.29 is 4.79 Å². The molecule has 1 amide bonds. The van der Waals surface area contributed by atoms with E-state index in [1.54, 1.807) is 11.3 Å². The van der Waals surface area contributed by atoms with Crippen LogP contribution in [-0.2, 0) is 11.3 Å². The zero-order valence-electron chi connectivity index (χ0n) is 11.1. The van der Waals surface area contributed by atoms with E-state index in [1.807, 2.05) is 24.0 Å². The van der Waals surface area contributed by atoms with E-state index in [2.05, 4.69) is 29.8 Å². The van der Waals surface area contributed by atoms with Crippen LogP contribution >= 0.6 is 27.3 Å². The van der Waals surface area contributed by atoms with Crippen molar-refractivity contribution >= 4 is 33.2 Å². The number of carbonyl (C=O) groups is 1. The van der Waals surface area contributed by atoms with Crippen LogP contribution in [0.4, 0.5) is 0 Å². The van der Waals surface area contributed by atoms with Crippen molar-refractivity contribution in [3.63, 3.8) is 0 Å². The van der Waals surface area contributed by atoms with E-state index >= 15 is 0 Å². The van der Waals surface area contributed by atoms with Gasteiger partial charge < -0.3 is 10.6 Å². The molecule has 1 atom stereocenters. The molecule has 0 fully saturated rings. The Labute approximate surface area is 121 Å². The molecule has 1 aromatic heterocycles. The van der Waals surface area contributed by atoms with Crippen LogP contribution in [-0.4, -0.2) is 23.4 Å². The summed E-state index contributed by atoms with van der Waals surface area (Å²) in [6, 6.07) is 3.67. The van der Waals surface area contributed by atoms with E-state index in [0.29, 0.717) is 19.0 Å². The van der Waals surface area contributed by atoms with E-state index in [0.717, 1.165) is 10.2 Å². The van der Waals surface area contributed by atoms with Gasteiger partial charge in [0.2, 0.25) is 5.91 Å². The Balaban J connectivity index is 2.62. The van der Waals surface area contributed by atoms with Gasteiger partial charge in [-0.3, -0.25) is 4.79 Å². The van der Waals surface area contributed by atoms with E-state index in [9.17, 15) is 4.79 Å². The Bertz CT molecular complexity index is 392. The van der Waals surface area contributed by atoms with Gasteiger partial charge in [0.05, 0.1) is 16.4 Å². The number of nitrogens with two attached hydrogens (primary N) is 1. The average molecular weight is 333 g/mol. The van der Waals surface area contributed by atoms with Crippen LogP contribution in [0.5, 0.6) is 0 Å². The van der Waals surface area contributed by atoms with Crippen molar-refractivity contribution in [3.05, 3.63) is 20.8 Å². The minimum absolute atomic E-state index is 0.0516. The normalized spacial score (nSPS) is 12.8. The molecule has 5 heteroatoms. The predicted molar refractivity (Wildman–Crippen MR) is 80.5 cm³/mol. The molecule has 1 aromatic rings. The van der Waals surface area contributed by atoms with Crippen LogP contribution in [0.25, 0.3) is 0 Å². The summed E-state index contributed by atoms with van der Waals surface area (Å²) in [6.45, 7) is 7.50. The summed E-state index contributed by atoms with van der Waals surface area (Å²) < 4.78 is 1.09. The summed E-state index contributed by atoms with van der Waals surface area (Å²) in [5.74, 6) is 0.495. The van der Waals surface area contributed by atoms with Gasteiger partial charge in [0.25, 0.3) is 0 Å². The number of thiophene rings is 1. The number of amides is 1. The summed E-state index contributed by atoms with van der Waals surface area (Å²) in [6.07, 6.45) is 0.740. The highest BCUT2D eigenvalue weighted by molar-refractivity contribution is 9.11. The highest BCUT2D eigenvalue weighted by atomic mass is 79.9. The lowest BCUT2D eigenvalue weighted by molar-refractivity contribution is -0.133. The zero-order valence-corrected chi connectivity index (χ0v) is 13.6. The molecule has 0 unspecified atom stereocenters. The summed E-state index contributed by atoms with van der Waals surface area (Å²) in [5, 5.41) is 0. The Morgan fingerprint density at radius 1 is 1.50 bits per heavy atom. The fourth-order valence-corrected chi connectivity index (χ4v) is 3.31. The number of halogens is 1. The molecule has 1 heterocycles. The first-order valence-electron chi connectivity index (χ1n) is 6.22. The first-order chi connectivity index (χ1) is 8.43. The van der Waals surface area contributed by atoms with Crippen molar-refractivity contribution in [2.75, 3.05) is 6.54 Å². The summed E-state index contributed by atoms with van der Waals surface area (Å²) in [4.78, 5) is 15.2. The quantitative estimate of drug-likeness (QED) is 0.869. The number of nitrogens with zero attached hydrogens (tertiary/aromatic N) is 1. The van der Waals surface area contributed by atoms with Gasteiger partial charge in [0.1, 0.15) is 0 Å². The first-order valence-corrected chi connectivity index (χ1v) is 7.83. The molecule has 0 aromatic carbocycles. The second-order valence-corrected chi connectivity index (χ2v) is 7.34. The molecule has 3 nitrogen and oxygen atoms in total. The topological polar surface area (TPSA) is 46.3 Å². The third-order valence-electron chi connectivity index (χ3n) is 2.71. The van der Waals surface area contributed by atoms with E-state index < -0.39 is 0 Å². The van der Waals surface area contributed by atoms with Gasteiger partial charge >= 0.3 is 0 Å². The minimum Gasteiger partial charge on any atom is -0.336 e. The van der Waals surface area contributed by atoms with Crippen LogP contribution in [0, 0.1) is 5.92 Å². The van der Waals surface area contributed by atoms with Crippen molar-refractivity contribution in [1.82, 2.24) is 4.90 Å². The van der Waals surface area contributed by atoms with Gasteiger partial charge in [-0.25, -0.2) is 0 Å².